The van der Waals surface area contributed by atoms with Crippen molar-refractivity contribution in [3.63, 3.8) is 0 Å². The minimum Gasteiger partial charge on any atom is -0.309 e. The van der Waals surface area contributed by atoms with Crippen LogP contribution in [0, 0.1) is 13.8 Å². The highest BCUT2D eigenvalue weighted by molar-refractivity contribution is 7.20. The standard InChI is InChI=1S/C63H49NSi2/c1-45-33-37-61-58(39-45)59-40-46(2)34-38-62(59)64(61)63-44-55(66(51-27-15-6-16-28-51,52-29-17-7-18-30-52)53-31-19-8-20-32-53)43-57-56-42-54(36-35-47(56)41-60(57)63)65(48-21-9-3-10-22-48,49-23-11-4-12-24-49)50-25-13-5-14-26-50/h3-40,42-44H,41H2,1-2H3. The fourth-order valence-corrected chi connectivity index (χ4v) is 21.1. The molecule has 0 atom stereocenters. The van der Waals surface area contributed by atoms with Gasteiger partial charge in [-0.2, -0.15) is 0 Å². The lowest BCUT2D eigenvalue weighted by molar-refractivity contribution is 1.12. The van der Waals surface area contributed by atoms with Gasteiger partial charge in [-0.1, -0.05) is 230 Å². The van der Waals surface area contributed by atoms with Crippen LogP contribution in [0.1, 0.15) is 22.3 Å². The third-order valence-corrected chi connectivity index (χ3v) is 23.9. The van der Waals surface area contributed by atoms with E-state index in [0.29, 0.717) is 0 Å². The Morgan fingerprint density at radius 3 is 1.08 bits per heavy atom. The van der Waals surface area contributed by atoms with Gasteiger partial charge in [0.05, 0.1) is 16.7 Å². The molecule has 0 saturated carbocycles. The molecule has 0 unspecified atom stereocenters. The molecule has 0 amide bonds. The fraction of sp³-hybridized carbons (Fsp3) is 0.0476. The second-order valence-corrected chi connectivity index (χ2v) is 25.8. The predicted molar refractivity (Wildman–Crippen MR) is 286 cm³/mol. The Kier molecular flexibility index (Phi) is 9.78. The monoisotopic (exact) mass is 875 g/mol. The molecule has 0 bridgehead atoms. The average Bonchev–Trinajstić information content (AvgIpc) is 3.91. The van der Waals surface area contributed by atoms with Crippen LogP contribution < -0.4 is 41.5 Å². The number of nitrogens with zero attached hydrogens (tertiary/aromatic N) is 1. The van der Waals surface area contributed by atoms with Gasteiger partial charge >= 0.3 is 0 Å². The maximum absolute atomic E-state index is 2.97. The maximum atomic E-state index is 2.63. The topological polar surface area (TPSA) is 4.93 Å². The van der Waals surface area contributed by atoms with Crippen molar-refractivity contribution in [2.75, 3.05) is 0 Å². The summed E-state index contributed by atoms with van der Waals surface area (Å²) in [7, 11) is -5.79. The largest absolute Gasteiger partial charge is 0.309 e. The molecule has 1 aliphatic rings. The van der Waals surface area contributed by atoms with Crippen LogP contribution in [0.3, 0.4) is 0 Å². The lowest BCUT2D eigenvalue weighted by Crippen LogP contribution is -2.74. The third kappa shape index (κ3) is 6.19. The van der Waals surface area contributed by atoms with Crippen molar-refractivity contribution in [3.8, 4) is 16.8 Å². The Balaban J connectivity index is 1.23. The zero-order chi connectivity index (χ0) is 44.2. The fourth-order valence-electron chi connectivity index (χ4n) is 11.5. The molecule has 1 aliphatic carbocycles. The summed E-state index contributed by atoms with van der Waals surface area (Å²) in [6.07, 6.45) is 0.854. The quantitative estimate of drug-likeness (QED) is 0.101. The summed E-state index contributed by atoms with van der Waals surface area (Å²) in [6, 6.07) is 95.1. The summed E-state index contributed by atoms with van der Waals surface area (Å²) >= 11 is 0. The maximum Gasteiger partial charge on any atom is 0.179 e. The summed E-state index contributed by atoms with van der Waals surface area (Å²) in [4.78, 5) is 0. The summed E-state index contributed by atoms with van der Waals surface area (Å²) in [5, 5.41) is 13.6. The van der Waals surface area contributed by atoms with E-state index in [1.54, 1.807) is 0 Å². The molecule has 1 nitrogen and oxygen atoms in total. The van der Waals surface area contributed by atoms with Crippen molar-refractivity contribution in [1.29, 1.82) is 0 Å². The first-order valence-electron chi connectivity index (χ1n) is 23.2. The molecule has 66 heavy (non-hydrogen) atoms. The van der Waals surface area contributed by atoms with Crippen LogP contribution in [-0.4, -0.2) is 20.7 Å². The number of benzene rings is 10. The Hall–Kier alpha value is -7.57. The normalized spacial score (nSPS) is 12.3. The first-order chi connectivity index (χ1) is 32.5. The number of rotatable bonds is 9. The van der Waals surface area contributed by atoms with Gasteiger partial charge in [0.2, 0.25) is 0 Å². The van der Waals surface area contributed by atoms with Gasteiger partial charge in [0.1, 0.15) is 0 Å². The van der Waals surface area contributed by atoms with Crippen LogP contribution in [0.4, 0.5) is 0 Å². The molecule has 314 valence electrons. The van der Waals surface area contributed by atoms with Crippen molar-refractivity contribution in [2.24, 2.45) is 0 Å². The van der Waals surface area contributed by atoms with E-state index >= 15 is 0 Å². The lowest BCUT2D eigenvalue weighted by atomic mass is 10.0. The van der Waals surface area contributed by atoms with Crippen LogP contribution in [-0.2, 0) is 6.42 Å². The van der Waals surface area contributed by atoms with E-state index in [9.17, 15) is 0 Å². The molecular formula is C63H49NSi2. The smallest absolute Gasteiger partial charge is 0.179 e. The molecule has 0 fully saturated rings. The minimum atomic E-state index is -2.97. The Labute approximate surface area is 390 Å². The molecule has 0 N–H and O–H groups in total. The molecule has 0 aliphatic heterocycles. The second kappa shape index (κ2) is 16.1. The van der Waals surface area contributed by atoms with Gasteiger partial charge in [0, 0.05) is 17.2 Å². The SMILES string of the molecule is Cc1ccc2c(c1)c1cc(C)ccc1n2-c1cc([Si](c2ccccc2)(c2ccccc2)c2ccccc2)cc2c1Cc1ccc([Si](c3ccccc3)(c3ccccc3)c3ccccc3)cc1-2. The molecule has 1 heterocycles. The van der Waals surface area contributed by atoms with E-state index in [2.05, 4.69) is 267 Å². The summed E-state index contributed by atoms with van der Waals surface area (Å²) in [5.74, 6) is 0. The predicted octanol–water partition coefficient (Wildman–Crippen LogP) is 9.73. The van der Waals surface area contributed by atoms with Gasteiger partial charge in [0.15, 0.2) is 16.1 Å². The van der Waals surface area contributed by atoms with E-state index in [1.807, 2.05) is 0 Å². The van der Waals surface area contributed by atoms with Crippen molar-refractivity contribution < 1.29 is 0 Å². The van der Waals surface area contributed by atoms with Gasteiger partial charge in [-0.15, -0.1) is 0 Å². The number of fused-ring (bicyclic) bond motifs is 6. The van der Waals surface area contributed by atoms with Gasteiger partial charge < -0.3 is 4.57 Å². The van der Waals surface area contributed by atoms with Crippen LogP contribution in [0.2, 0.25) is 0 Å². The molecule has 1 aromatic heterocycles. The summed E-state index contributed by atoms with van der Waals surface area (Å²) in [5.41, 5.74) is 11.7. The van der Waals surface area contributed by atoms with E-state index in [1.165, 1.54) is 102 Å². The van der Waals surface area contributed by atoms with Crippen molar-refractivity contribution in [2.45, 2.75) is 20.3 Å². The lowest BCUT2D eigenvalue weighted by Gasteiger charge is -2.35. The minimum absolute atomic E-state index is 0.854. The molecule has 10 aromatic carbocycles. The molecule has 11 aromatic rings. The first-order valence-corrected chi connectivity index (χ1v) is 27.2. The third-order valence-electron chi connectivity index (χ3n) is 14.4. The van der Waals surface area contributed by atoms with Crippen molar-refractivity contribution >= 4 is 79.4 Å². The van der Waals surface area contributed by atoms with Crippen molar-refractivity contribution in [3.05, 3.63) is 271 Å². The molecule has 0 radical (unpaired) electrons. The van der Waals surface area contributed by atoms with E-state index in [4.69, 9.17) is 0 Å². The first kappa shape index (κ1) is 40.0. The van der Waals surface area contributed by atoms with Crippen LogP contribution in [0.25, 0.3) is 38.6 Å². The molecule has 0 spiro atoms. The van der Waals surface area contributed by atoms with E-state index in [0.717, 1.165) is 6.42 Å². The second-order valence-electron chi connectivity index (χ2n) is 18.1. The zero-order valence-corrected chi connectivity index (χ0v) is 39.3. The Bertz CT molecular complexity index is 3290. The van der Waals surface area contributed by atoms with Crippen LogP contribution in [0.15, 0.2) is 249 Å². The number of hydrogen-bond acceptors (Lipinski definition) is 0. The highest BCUT2D eigenvalue weighted by Gasteiger charge is 2.45. The van der Waals surface area contributed by atoms with Gasteiger partial charge in [-0.05, 0) is 108 Å². The molecule has 3 heteroatoms. The number of hydrogen-bond donors (Lipinski definition) is 0. The molecular weight excluding hydrogens is 827 g/mol. The van der Waals surface area contributed by atoms with Gasteiger partial charge in [-0.3, -0.25) is 0 Å². The number of aromatic nitrogens is 1. The van der Waals surface area contributed by atoms with Crippen molar-refractivity contribution in [1.82, 2.24) is 4.57 Å². The highest BCUT2D eigenvalue weighted by Crippen LogP contribution is 2.42. The van der Waals surface area contributed by atoms with Gasteiger partial charge in [-0.25, -0.2) is 0 Å². The number of aryl methyl sites for hydroxylation is 2. The molecule has 0 saturated heterocycles. The van der Waals surface area contributed by atoms with Crippen LogP contribution in [0.5, 0.6) is 0 Å². The Morgan fingerprint density at radius 1 is 0.318 bits per heavy atom. The highest BCUT2D eigenvalue weighted by atomic mass is 28.3. The summed E-state index contributed by atoms with van der Waals surface area (Å²) < 4.78 is 2.61. The van der Waals surface area contributed by atoms with Crippen LogP contribution >= 0.6 is 0 Å². The van der Waals surface area contributed by atoms with E-state index in [-0.39, 0.29) is 0 Å². The van der Waals surface area contributed by atoms with Gasteiger partial charge in [0.25, 0.3) is 0 Å². The average molecular weight is 876 g/mol. The molecule has 12 rings (SSSR count). The zero-order valence-electron chi connectivity index (χ0n) is 37.3. The summed E-state index contributed by atoms with van der Waals surface area (Å²) in [6.45, 7) is 4.43. The Morgan fingerprint density at radius 2 is 0.682 bits per heavy atom. The van der Waals surface area contributed by atoms with E-state index < -0.39 is 16.1 Å².